The van der Waals surface area contributed by atoms with Crippen molar-refractivity contribution in [2.45, 2.75) is 25.2 Å². The summed E-state index contributed by atoms with van der Waals surface area (Å²) in [6.45, 7) is 1.30. The molecule has 1 saturated heterocycles. The van der Waals surface area contributed by atoms with Crippen molar-refractivity contribution in [2.75, 3.05) is 13.1 Å². The number of amides is 1. The second-order valence-electron chi connectivity index (χ2n) is 7.41. The van der Waals surface area contributed by atoms with E-state index in [1.807, 2.05) is 23.1 Å². The first-order chi connectivity index (χ1) is 14.1. The summed E-state index contributed by atoms with van der Waals surface area (Å²) in [7, 11) is 0. The van der Waals surface area contributed by atoms with Crippen LogP contribution in [-0.2, 0) is 11.2 Å². The van der Waals surface area contributed by atoms with Crippen LogP contribution in [0.3, 0.4) is 0 Å². The molecule has 0 unspecified atom stereocenters. The molecule has 0 aliphatic carbocycles. The zero-order valence-electron chi connectivity index (χ0n) is 16.0. The molecule has 0 N–H and O–H groups in total. The summed E-state index contributed by atoms with van der Waals surface area (Å²) in [5, 5.41) is 0. The molecule has 3 aromatic rings. The van der Waals surface area contributed by atoms with Crippen molar-refractivity contribution in [1.82, 2.24) is 9.88 Å². The fourth-order valence-corrected chi connectivity index (χ4v) is 3.83. The molecule has 148 valence electrons. The second-order valence-corrected chi connectivity index (χ2v) is 7.41. The lowest BCUT2D eigenvalue weighted by Gasteiger charge is -2.32. The zero-order valence-corrected chi connectivity index (χ0v) is 16.0. The minimum absolute atomic E-state index is 0.0339. The molecule has 1 fully saturated rings. The topological polar surface area (TPSA) is 33.2 Å². The van der Waals surface area contributed by atoms with Gasteiger partial charge in [0.05, 0.1) is 12.1 Å². The van der Waals surface area contributed by atoms with Gasteiger partial charge in [0.25, 0.3) is 0 Å². The van der Waals surface area contributed by atoms with Crippen LogP contribution < -0.4 is 0 Å². The van der Waals surface area contributed by atoms with Crippen LogP contribution >= 0.6 is 0 Å². The molecule has 1 aliphatic heterocycles. The van der Waals surface area contributed by atoms with Crippen LogP contribution in [-0.4, -0.2) is 28.9 Å². The van der Waals surface area contributed by atoms with Gasteiger partial charge in [-0.3, -0.25) is 9.78 Å². The van der Waals surface area contributed by atoms with Gasteiger partial charge in [0, 0.05) is 30.3 Å². The molecule has 0 bridgehead atoms. The average molecular weight is 392 g/mol. The standard InChI is InChI=1S/C24H22F2N2O/c25-19-12-10-17(11-13-19)15-24(29)28-14-4-5-18(16-28)22-8-3-9-23(27-22)20-6-1-2-7-21(20)26/h1-3,6-13,18H,4-5,14-16H2/t18-/m0/s1. The molecule has 0 saturated carbocycles. The first-order valence-electron chi connectivity index (χ1n) is 9.84. The summed E-state index contributed by atoms with van der Waals surface area (Å²) < 4.78 is 27.2. The molecule has 1 aromatic heterocycles. The highest BCUT2D eigenvalue weighted by Gasteiger charge is 2.26. The Hall–Kier alpha value is -3.08. The molecular formula is C24H22F2N2O. The minimum Gasteiger partial charge on any atom is -0.342 e. The average Bonchev–Trinajstić information content (AvgIpc) is 2.76. The Labute approximate surface area is 169 Å². The fraction of sp³-hybridized carbons (Fsp3) is 0.250. The van der Waals surface area contributed by atoms with Crippen molar-refractivity contribution >= 4 is 5.91 Å². The number of likely N-dealkylation sites (tertiary alicyclic amines) is 1. The lowest BCUT2D eigenvalue weighted by molar-refractivity contribution is -0.131. The van der Waals surface area contributed by atoms with Crippen LogP contribution in [0, 0.1) is 11.6 Å². The summed E-state index contributed by atoms with van der Waals surface area (Å²) >= 11 is 0. The van der Waals surface area contributed by atoms with Crippen molar-refractivity contribution in [3.05, 3.63) is 89.6 Å². The van der Waals surface area contributed by atoms with Gasteiger partial charge in [-0.1, -0.05) is 30.3 Å². The molecule has 4 rings (SSSR count). The van der Waals surface area contributed by atoms with Gasteiger partial charge in [-0.2, -0.15) is 0 Å². The highest BCUT2D eigenvalue weighted by atomic mass is 19.1. The van der Waals surface area contributed by atoms with Gasteiger partial charge in [-0.25, -0.2) is 8.78 Å². The van der Waals surface area contributed by atoms with Gasteiger partial charge in [0.1, 0.15) is 11.6 Å². The predicted molar refractivity (Wildman–Crippen MR) is 108 cm³/mol. The highest BCUT2D eigenvalue weighted by molar-refractivity contribution is 5.79. The van der Waals surface area contributed by atoms with Crippen LogP contribution in [0.4, 0.5) is 8.78 Å². The Kier molecular flexibility index (Phi) is 5.65. The lowest BCUT2D eigenvalue weighted by atomic mass is 9.93. The van der Waals surface area contributed by atoms with E-state index in [1.54, 1.807) is 30.3 Å². The van der Waals surface area contributed by atoms with Crippen molar-refractivity contribution in [2.24, 2.45) is 0 Å². The number of halogens is 2. The van der Waals surface area contributed by atoms with Gasteiger partial charge in [-0.05, 0) is 54.8 Å². The summed E-state index contributed by atoms with van der Waals surface area (Å²) in [5.74, 6) is -0.448. The van der Waals surface area contributed by atoms with Gasteiger partial charge >= 0.3 is 0 Å². The molecule has 1 aliphatic rings. The van der Waals surface area contributed by atoms with E-state index < -0.39 is 0 Å². The zero-order chi connectivity index (χ0) is 20.2. The summed E-state index contributed by atoms with van der Waals surface area (Å²) in [6.07, 6.45) is 2.09. The van der Waals surface area contributed by atoms with Crippen molar-refractivity contribution < 1.29 is 13.6 Å². The second kappa shape index (κ2) is 8.52. The Bertz CT molecular complexity index is 1000. The number of aromatic nitrogens is 1. The van der Waals surface area contributed by atoms with Gasteiger partial charge in [-0.15, -0.1) is 0 Å². The molecule has 3 nitrogen and oxygen atoms in total. The molecule has 29 heavy (non-hydrogen) atoms. The number of nitrogens with zero attached hydrogens (tertiary/aromatic N) is 2. The minimum atomic E-state index is -0.306. The van der Waals surface area contributed by atoms with Crippen LogP contribution in [0.25, 0.3) is 11.3 Å². The fourth-order valence-electron chi connectivity index (χ4n) is 3.83. The molecular weight excluding hydrogens is 370 g/mol. The number of rotatable bonds is 4. The number of hydrogen-bond acceptors (Lipinski definition) is 2. The number of hydrogen-bond donors (Lipinski definition) is 0. The normalized spacial score (nSPS) is 16.6. The van der Waals surface area contributed by atoms with Crippen LogP contribution in [0.5, 0.6) is 0 Å². The van der Waals surface area contributed by atoms with E-state index in [1.165, 1.54) is 18.2 Å². The SMILES string of the molecule is O=C(Cc1ccc(F)cc1)N1CCC[C@H](c2cccc(-c3ccccc3F)n2)C1. The van der Waals surface area contributed by atoms with Gasteiger partial charge < -0.3 is 4.90 Å². The Morgan fingerprint density at radius 2 is 1.79 bits per heavy atom. The van der Waals surface area contributed by atoms with Crippen molar-refractivity contribution in [3.8, 4) is 11.3 Å². The maximum Gasteiger partial charge on any atom is 0.227 e. The van der Waals surface area contributed by atoms with E-state index in [2.05, 4.69) is 0 Å². The number of pyridine rings is 1. The van der Waals surface area contributed by atoms with Crippen LogP contribution in [0.15, 0.2) is 66.7 Å². The van der Waals surface area contributed by atoms with E-state index in [4.69, 9.17) is 4.98 Å². The molecule has 2 aromatic carbocycles. The molecule has 5 heteroatoms. The van der Waals surface area contributed by atoms with E-state index in [0.29, 0.717) is 24.3 Å². The van der Waals surface area contributed by atoms with E-state index in [0.717, 1.165) is 24.1 Å². The third-order valence-corrected chi connectivity index (χ3v) is 5.38. The number of benzene rings is 2. The number of carbonyl (C=O) groups is 1. The van der Waals surface area contributed by atoms with Crippen molar-refractivity contribution in [1.29, 1.82) is 0 Å². The van der Waals surface area contributed by atoms with Gasteiger partial charge in [0.15, 0.2) is 0 Å². The molecule has 0 radical (unpaired) electrons. The van der Waals surface area contributed by atoms with Crippen LogP contribution in [0.2, 0.25) is 0 Å². The van der Waals surface area contributed by atoms with E-state index in [-0.39, 0.29) is 29.9 Å². The molecule has 2 heterocycles. The number of carbonyl (C=O) groups excluding carboxylic acids is 1. The Morgan fingerprint density at radius 3 is 2.59 bits per heavy atom. The molecule has 0 spiro atoms. The van der Waals surface area contributed by atoms with E-state index in [9.17, 15) is 13.6 Å². The molecule has 1 atom stereocenters. The maximum absolute atomic E-state index is 14.1. The quantitative estimate of drug-likeness (QED) is 0.628. The largest absolute Gasteiger partial charge is 0.342 e. The predicted octanol–water partition coefficient (Wildman–Crippen LogP) is 4.98. The van der Waals surface area contributed by atoms with Gasteiger partial charge in [0.2, 0.25) is 5.91 Å². The first-order valence-corrected chi connectivity index (χ1v) is 9.84. The summed E-state index contributed by atoms with van der Waals surface area (Å²) in [5.41, 5.74) is 2.77. The highest BCUT2D eigenvalue weighted by Crippen LogP contribution is 2.28. The van der Waals surface area contributed by atoms with E-state index >= 15 is 0 Å². The third-order valence-electron chi connectivity index (χ3n) is 5.38. The Balaban J connectivity index is 1.48. The summed E-state index contributed by atoms with van der Waals surface area (Å²) in [4.78, 5) is 19.3. The van der Waals surface area contributed by atoms with Crippen molar-refractivity contribution in [3.63, 3.8) is 0 Å². The maximum atomic E-state index is 14.1. The molecule has 1 amide bonds. The summed E-state index contributed by atoms with van der Waals surface area (Å²) in [6, 6.07) is 18.3. The third kappa shape index (κ3) is 4.50. The monoisotopic (exact) mass is 392 g/mol. The Morgan fingerprint density at radius 1 is 1.00 bits per heavy atom. The smallest absolute Gasteiger partial charge is 0.227 e. The first kappa shape index (κ1) is 19.2. The van der Waals surface area contributed by atoms with Crippen LogP contribution in [0.1, 0.15) is 30.0 Å². The lowest BCUT2D eigenvalue weighted by Crippen LogP contribution is -2.40. The number of piperidine rings is 1.